The van der Waals surface area contributed by atoms with Crippen LogP contribution in [0.3, 0.4) is 0 Å². The molecule has 0 radical (unpaired) electrons. The van der Waals surface area contributed by atoms with E-state index in [-0.39, 0.29) is 35.5 Å². The van der Waals surface area contributed by atoms with E-state index in [1.165, 1.54) is 24.3 Å². The van der Waals surface area contributed by atoms with Gasteiger partial charge >= 0.3 is 5.97 Å². The first-order valence-corrected chi connectivity index (χ1v) is 8.60. The minimum atomic E-state index is -0.673. The van der Waals surface area contributed by atoms with Gasteiger partial charge in [0.1, 0.15) is 5.69 Å². The number of esters is 1. The normalized spacial score (nSPS) is 10.5. The number of carbonyl (C=O) groups excluding carboxylic acids is 2. The van der Waals surface area contributed by atoms with Gasteiger partial charge in [-0.05, 0) is 18.2 Å². The van der Waals surface area contributed by atoms with Crippen LogP contribution in [0.4, 0.5) is 11.4 Å². The topological polar surface area (TPSA) is 144 Å². The van der Waals surface area contributed by atoms with E-state index in [4.69, 9.17) is 4.74 Å². The number of aromatic nitrogens is 2. The van der Waals surface area contributed by atoms with Gasteiger partial charge in [0.25, 0.3) is 17.2 Å². The van der Waals surface area contributed by atoms with Gasteiger partial charge in [0, 0.05) is 24.2 Å². The molecule has 0 saturated carbocycles. The quantitative estimate of drug-likeness (QED) is 0.353. The number of fused-ring (bicyclic) bond motifs is 1. The van der Waals surface area contributed by atoms with Crippen LogP contribution in [0.5, 0.6) is 0 Å². The van der Waals surface area contributed by atoms with Gasteiger partial charge in [-0.15, -0.1) is 0 Å². The van der Waals surface area contributed by atoms with Crippen molar-refractivity contribution in [2.75, 3.05) is 11.9 Å². The zero-order valence-corrected chi connectivity index (χ0v) is 15.1. The van der Waals surface area contributed by atoms with Crippen LogP contribution in [0.2, 0.25) is 0 Å². The van der Waals surface area contributed by atoms with Crippen LogP contribution < -0.4 is 10.9 Å². The van der Waals surface area contributed by atoms with Crippen molar-refractivity contribution in [2.24, 2.45) is 0 Å². The Labute approximate surface area is 163 Å². The van der Waals surface area contributed by atoms with Crippen molar-refractivity contribution >= 4 is 34.3 Å². The molecule has 1 amide bonds. The molecule has 0 fully saturated rings. The minimum absolute atomic E-state index is 0.0610. The number of ether oxygens (including phenoxy) is 1. The largest absolute Gasteiger partial charge is 0.456 e. The summed E-state index contributed by atoms with van der Waals surface area (Å²) in [6.07, 6.45) is -0.0655. The Morgan fingerprint density at radius 3 is 2.76 bits per heavy atom. The fraction of sp³-hybridized carbons (Fsp3) is 0.158. The van der Waals surface area contributed by atoms with E-state index in [9.17, 15) is 24.5 Å². The number of nitro benzene ring substituents is 1. The molecule has 29 heavy (non-hydrogen) atoms. The number of hydrogen-bond donors (Lipinski definition) is 2. The lowest BCUT2D eigenvalue weighted by atomic mass is 10.2. The predicted octanol–water partition coefficient (Wildman–Crippen LogP) is 1.95. The molecule has 1 heterocycles. The standard InChI is InChI=1S/C19H16N4O6/c24-17(20-12-4-3-5-13(10-12)23(27)28)11-29-18(25)9-8-16-19(26)22-15-7-2-1-6-14(15)21-16/h1-7,10H,8-9,11H2,(H,20,24)(H,22,26). The van der Waals surface area contributed by atoms with Crippen molar-refractivity contribution in [3.05, 3.63) is 74.7 Å². The van der Waals surface area contributed by atoms with E-state index in [1.54, 1.807) is 24.3 Å². The van der Waals surface area contributed by atoms with Crippen LogP contribution in [0.25, 0.3) is 11.0 Å². The second-order valence-electron chi connectivity index (χ2n) is 6.05. The Hall–Kier alpha value is -4.08. The third kappa shape index (κ3) is 5.22. The lowest BCUT2D eigenvalue weighted by molar-refractivity contribution is -0.384. The molecule has 2 N–H and O–H groups in total. The van der Waals surface area contributed by atoms with E-state index >= 15 is 0 Å². The molecule has 3 aromatic rings. The van der Waals surface area contributed by atoms with Gasteiger partial charge < -0.3 is 15.0 Å². The molecule has 148 valence electrons. The Bertz CT molecular complexity index is 1140. The molecule has 3 rings (SSSR count). The number of rotatable bonds is 7. The minimum Gasteiger partial charge on any atom is -0.456 e. The van der Waals surface area contributed by atoms with Crippen molar-refractivity contribution in [1.29, 1.82) is 0 Å². The molecule has 0 atom stereocenters. The molecule has 0 aliphatic carbocycles. The molecule has 0 unspecified atom stereocenters. The van der Waals surface area contributed by atoms with E-state index < -0.39 is 23.4 Å². The fourth-order valence-electron chi connectivity index (χ4n) is 2.57. The highest BCUT2D eigenvalue weighted by molar-refractivity contribution is 5.93. The number of aromatic amines is 1. The number of nitrogens with zero attached hydrogens (tertiary/aromatic N) is 2. The number of anilines is 1. The molecule has 10 heteroatoms. The third-order valence-electron chi connectivity index (χ3n) is 3.94. The second-order valence-corrected chi connectivity index (χ2v) is 6.05. The summed E-state index contributed by atoms with van der Waals surface area (Å²) in [6.45, 7) is -0.553. The van der Waals surface area contributed by atoms with Crippen LogP contribution in [0.1, 0.15) is 12.1 Å². The molecular formula is C19H16N4O6. The van der Waals surface area contributed by atoms with Crippen molar-refractivity contribution in [2.45, 2.75) is 12.8 Å². The van der Waals surface area contributed by atoms with Gasteiger partial charge in [0.2, 0.25) is 0 Å². The molecule has 0 saturated heterocycles. The number of carbonyl (C=O) groups is 2. The molecule has 2 aromatic carbocycles. The first-order valence-electron chi connectivity index (χ1n) is 8.60. The van der Waals surface area contributed by atoms with Crippen molar-refractivity contribution in [3.63, 3.8) is 0 Å². The first-order chi connectivity index (χ1) is 13.9. The van der Waals surface area contributed by atoms with Gasteiger partial charge in [-0.1, -0.05) is 18.2 Å². The van der Waals surface area contributed by atoms with Crippen LogP contribution >= 0.6 is 0 Å². The lowest BCUT2D eigenvalue weighted by Crippen LogP contribution is -2.22. The van der Waals surface area contributed by atoms with Crippen LogP contribution in [0, 0.1) is 10.1 Å². The van der Waals surface area contributed by atoms with E-state index in [2.05, 4.69) is 15.3 Å². The molecule has 1 aromatic heterocycles. The number of para-hydroxylation sites is 2. The Balaban J connectivity index is 1.50. The Kier molecular flexibility index (Phi) is 5.93. The fourth-order valence-corrected chi connectivity index (χ4v) is 2.57. The third-order valence-corrected chi connectivity index (χ3v) is 3.94. The Morgan fingerprint density at radius 1 is 1.17 bits per heavy atom. The predicted molar refractivity (Wildman–Crippen MR) is 103 cm³/mol. The van der Waals surface area contributed by atoms with Gasteiger partial charge in [0.15, 0.2) is 6.61 Å². The molecule has 0 bridgehead atoms. The average molecular weight is 396 g/mol. The number of non-ortho nitro benzene ring substituents is 1. The zero-order valence-electron chi connectivity index (χ0n) is 15.1. The summed E-state index contributed by atoms with van der Waals surface area (Å²) in [5.74, 6) is -1.31. The summed E-state index contributed by atoms with van der Waals surface area (Å²) in [5.41, 5.74) is 1.05. The lowest BCUT2D eigenvalue weighted by Gasteiger charge is -2.07. The highest BCUT2D eigenvalue weighted by Gasteiger charge is 2.12. The zero-order chi connectivity index (χ0) is 20.8. The number of hydrogen-bond acceptors (Lipinski definition) is 7. The number of aryl methyl sites for hydroxylation is 1. The van der Waals surface area contributed by atoms with Gasteiger partial charge in [0.05, 0.1) is 22.4 Å². The summed E-state index contributed by atoms with van der Waals surface area (Å²) in [4.78, 5) is 52.8. The summed E-state index contributed by atoms with van der Waals surface area (Å²) >= 11 is 0. The maximum Gasteiger partial charge on any atom is 0.306 e. The van der Waals surface area contributed by atoms with Crippen molar-refractivity contribution in [1.82, 2.24) is 9.97 Å². The van der Waals surface area contributed by atoms with Crippen LogP contribution in [-0.2, 0) is 20.7 Å². The summed E-state index contributed by atoms with van der Waals surface area (Å²) < 4.78 is 4.88. The molecule has 0 aliphatic rings. The van der Waals surface area contributed by atoms with Gasteiger partial charge in [-0.2, -0.15) is 0 Å². The number of H-pyrrole nitrogens is 1. The maximum absolute atomic E-state index is 12.0. The van der Waals surface area contributed by atoms with Crippen LogP contribution in [-0.4, -0.2) is 33.4 Å². The SMILES string of the molecule is O=C(COC(=O)CCc1nc2ccccc2[nH]c1=O)Nc1cccc([N+](=O)[O-])c1. The number of benzene rings is 2. The summed E-state index contributed by atoms with van der Waals surface area (Å²) in [7, 11) is 0. The van der Waals surface area contributed by atoms with Crippen molar-refractivity contribution < 1.29 is 19.2 Å². The highest BCUT2D eigenvalue weighted by Crippen LogP contribution is 2.16. The second kappa shape index (κ2) is 8.74. The average Bonchev–Trinajstić information content (AvgIpc) is 2.71. The van der Waals surface area contributed by atoms with E-state index in [0.717, 1.165) is 0 Å². The molecule has 10 nitrogen and oxygen atoms in total. The van der Waals surface area contributed by atoms with Gasteiger partial charge in [-0.3, -0.25) is 24.5 Å². The van der Waals surface area contributed by atoms with Crippen molar-refractivity contribution in [3.8, 4) is 0 Å². The number of nitro groups is 1. The van der Waals surface area contributed by atoms with Crippen LogP contribution in [0.15, 0.2) is 53.3 Å². The monoisotopic (exact) mass is 396 g/mol. The highest BCUT2D eigenvalue weighted by atomic mass is 16.6. The molecular weight excluding hydrogens is 380 g/mol. The maximum atomic E-state index is 12.0. The Morgan fingerprint density at radius 2 is 1.97 bits per heavy atom. The number of nitrogens with one attached hydrogen (secondary N) is 2. The summed E-state index contributed by atoms with van der Waals surface area (Å²) in [5, 5.41) is 13.1. The number of amides is 1. The first kappa shape index (κ1) is 19.7. The van der Waals surface area contributed by atoms with E-state index in [1.807, 2.05) is 0 Å². The molecule has 0 aliphatic heterocycles. The molecule has 0 spiro atoms. The van der Waals surface area contributed by atoms with Gasteiger partial charge in [-0.25, -0.2) is 4.98 Å². The van der Waals surface area contributed by atoms with E-state index in [0.29, 0.717) is 11.0 Å². The summed E-state index contributed by atoms with van der Waals surface area (Å²) in [6, 6.07) is 12.4. The smallest absolute Gasteiger partial charge is 0.306 e.